The first kappa shape index (κ1) is 17.6. The van der Waals surface area contributed by atoms with Crippen LogP contribution in [0.2, 0.25) is 10.0 Å². The number of halogens is 2. The Hall–Kier alpha value is -2.82. The van der Waals surface area contributed by atoms with E-state index < -0.39 is 0 Å². The molecule has 0 atom stereocenters. The second-order valence-electron chi connectivity index (χ2n) is 5.98. The molecule has 0 unspecified atom stereocenters. The highest BCUT2D eigenvalue weighted by Gasteiger charge is 2.11. The van der Waals surface area contributed by atoms with Gasteiger partial charge in [0.25, 0.3) is 5.56 Å². The van der Waals surface area contributed by atoms with E-state index in [-0.39, 0.29) is 5.56 Å². The second-order valence-corrected chi connectivity index (χ2v) is 6.83. The van der Waals surface area contributed by atoms with Crippen LogP contribution in [-0.2, 0) is 6.54 Å². The van der Waals surface area contributed by atoms with Crippen LogP contribution in [0.5, 0.6) is 11.5 Å². The summed E-state index contributed by atoms with van der Waals surface area (Å²) >= 11 is 12.2. The number of aromatic nitrogens is 2. The van der Waals surface area contributed by atoms with Crippen molar-refractivity contribution < 1.29 is 4.74 Å². The maximum Gasteiger partial charge on any atom is 0.261 e. The molecule has 0 aliphatic rings. The molecular formula is C21H14Cl2N2O2. The molecule has 0 aliphatic carbocycles. The Balaban J connectivity index is 1.73. The van der Waals surface area contributed by atoms with Gasteiger partial charge in [-0.15, -0.1) is 0 Å². The smallest absolute Gasteiger partial charge is 0.261 e. The number of para-hydroxylation sites is 2. The summed E-state index contributed by atoms with van der Waals surface area (Å²) in [6.45, 7) is 0.314. The summed E-state index contributed by atoms with van der Waals surface area (Å²) in [6, 6.07) is 20.2. The highest BCUT2D eigenvalue weighted by Crippen LogP contribution is 2.27. The van der Waals surface area contributed by atoms with Crippen molar-refractivity contribution in [2.45, 2.75) is 6.54 Å². The molecule has 0 amide bonds. The number of hydrogen-bond donors (Lipinski definition) is 0. The highest BCUT2D eigenvalue weighted by molar-refractivity contribution is 6.38. The lowest BCUT2D eigenvalue weighted by molar-refractivity contribution is 0.473. The van der Waals surface area contributed by atoms with E-state index in [1.165, 1.54) is 10.9 Å². The van der Waals surface area contributed by atoms with Crippen molar-refractivity contribution >= 4 is 34.1 Å². The summed E-state index contributed by atoms with van der Waals surface area (Å²) in [4.78, 5) is 17.2. The van der Waals surface area contributed by atoms with E-state index in [0.717, 1.165) is 11.3 Å². The van der Waals surface area contributed by atoms with Gasteiger partial charge in [-0.25, -0.2) is 4.98 Å². The van der Waals surface area contributed by atoms with Gasteiger partial charge in [0.15, 0.2) is 0 Å². The molecule has 4 nitrogen and oxygen atoms in total. The van der Waals surface area contributed by atoms with Crippen molar-refractivity contribution in [1.29, 1.82) is 0 Å². The third-order valence-electron chi connectivity index (χ3n) is 4.13. The van der Waals surface area contributed by atoms with Crippen LogP contribution in [0.4, 0.5) is 0 Å². The fourth-order valence-corrected chi connectivity index (χ4v) is 3.38. The maximum absolute atomic E-state index is 12.9. The Bertz CT molecular complexity index is 1170. The molecule has 27 heavy (non-hydrogen) atoms. The molecular weight excluding hydrogens is 383 g/mol. The summed E-state index contributed by atoms with van der Waals surface area (Å²) in [5.41, 5.74) is 1.09. The standard InChI is InChI=1S/C21H14Cl2N2O2/c22-15-10-17-20(18(23)11-15)24-13-25(21(17)26)12-14-6-4-5-9-19(14)27-16-7-2-1-3-8-16/h1-11,13H,12H2. The van der Waals surface area contributed by atoms with E-state index >= 15 is 0 Å². The third kappa shape index (κ3) is 3.68. The van der Waals surface area contributed by atoms with E-state index in [1.807, 2.05) is 54.6 Å². The fraction of sp³-hybridized carbons (Fsp3) is 0.0476. The van der Waals surface area contributed by atoms with Crippen LogP contribution in [-0.4, -0.2) is 9.55 Å². The lowest BCUT2D eigenvalue weighted by Gasteiger charge is -2.13. The van der Waals surface area contributed by atoms with E-state index in [9.17, 15) is 4.79 Å². The SMILES string of the molecule is O=c1c2cc(Cl)cc(Cl)c2ncn1Cc1ccccc1Oc1ccccc1. The average molecular weight is 397 g/mol. The molecule has 0 N–H and O–H groups in total. The van der Waals surface area contributed by atoms with E-state index in [1.54, 1.807) is 12.1 Å². The number of benzene rings is 3. The number of fused-ring (bicyclic) bond motifs is 1. The molecule has 0 spiro atoms. The first-order chi connectivity index (χ1) is 13.1. The second kappa shape index (κ2) is 7.43. The zero-order valence-electron chi connectivity index (χ0n) is 14.1. The topological polar surface area (TPSA) is 44.1 Å². The molecule has 0 fully saturated rings. The predicted octanol–water partition coefficient (Wildman–Crippen LogP) is 5.54. The normalized spacial score (nSPS) is 10.9. The molecule has 0 saturated heterocycles. The minimum absolute atomic E-state index is 0.209. The van der Waals surface area contributed by atoms with Crippen molar-refractivity contribution in [2.24, 2.45) is 0 Å². The maximum atomic E-state index is 12.9. The van der Waals surface area contributed by atoms with Gasteiger partial charge in [0, 0.05) is 10.6 Å². The van der Waals surface area contributed by atoms with E-state index in [0.29, 0.717) is 33.2 Å². The van der Waals surface area contributed by atoms with Gasteiger partial charge in [-0.05, 0) is 30.3 Å². The molecule has 0 radical (unpaired) electrons. The summed E-state index contributed by atoms with van der Waals surface area (Å²) in [5, 5.41) is 1.14. The Labute approximate surface area is 165 Å². The lowest BCUT2D eigenvalue weighted by atomic mass is 10.2. The van der Waals surface area contributed by atoms with Crippen LogP contribution < -0.4 is 10.3 Å². The van der Waals surface area contributed by atoms with Gasteiger partial charge in [-0.1, -0.05) is 59.6 Å². The van der Waals surface area contributed by atoms with Crippen LogP contribution >= 0.6 is 23.2 Å². The van der Waals surface area contributed by atoms with Crippen molar-refractivity contribution in [3.05, 3.63) is 99.0 Å². The number of rotatable bonds is 4. The van der Waals surface area contributed by atoms with Gasteiger partial charge in [0.1, 0.15) is 11.5 Å². The minimum Gasteiger partial charge on any atom is -0.457 e. The molecule has 4 rings (SSSR count). The van der Waals surface area contributed by atoms with Crippen molar-refractivity contribution in [3.63, 3.8) is 0 Å². The zero-order chi connectivity index (χ0) is 18.8. The van der Waals surface area contributed by atoms with Gasteiger partial charge in [-0.3, -0.25) is 9.36 Å². The van der Waals surface area contributed by atoms with Crippen LogP contribution in [0.3, 0.4) is 0 Å². The zero-order valence-corrected chi connectivity index (χ0v) is 15.6. The van der Waals surface area contributed by atoms with Crippen molar-refractivity contribution in [2.75, 3.05) is 0 Å². The number of nitrogens with zero attached hydrogens (tertiary/aromatic N) is 2. The molecule has 4 aromatic rings. The Morgan fingerprint density at radius 2 is 1.70 bits per heavy atom. The van der Waals surface area contributed by atoms with Crippen LogP contribution in [0, 0.1) is 0 Å². The van der Waals surface area contributed by atoms with Crippen LogP contribution in [0.15, 0.2) is 77.9 Å². The number of hydrogen-bond acceptors (Lipinski definition) is 3. The molecule has 0 aliphatic heterocycles. The van der Waals surface area contributed by atoms with Gasteiger partial charge < -0.3 is 4.74 Å². The summed E-state index contributed by atoms with van der Waals surface area (Å²) in [6.07, 6.45) is 1.49. The van der Waals surface area contributed by atoms with Crippen LogP contribution in [0.1, 0.15) is 5.56 Å². The minimum atomic E-state index is -0.209. The summed E-state index contributed by atoms with van der Waals surface area (Å²) < 4.78 is 7.49. The Morgan fingerprint density at radius 1 is 0.963 bits per heavy atom. The molecule has 1 aromatic heterocycles. The van der Waals surface area contributed by atoms with Crippen molar-refractivity contribution in [3.8, 4) is 11.5 Å². The quantitative estimate of drug-likeness (QED) is 0.454. The highest BCUT2D eigenvalue weighted by atomic mass is 35.5. The molecule has 0 saturated carbocycles. The molecule has 0 bridgehead atoms. The summed E-state index contributed by atoms with van der Waals surface area (Å²) in [5.74, 6) is 1.41. The molecule has 6 heteroatoms. The van der Waals surface area contributed by atoms with Gasteiger partial charge in [0.2, 0.25) is 0 Å². The van der Waals surface area contributed by atoms with Gasteiger partial charge in [0.05, 0.1) is 28.8 Å². The Kier molecular flexibility index (Phi) is 4.84. The molecule has 3 aromatic carbocycles. The average Bonchev–Trinajstić information content (AvgIpc) is 2.67. The first-order valence-electron chi connectivity index (χ1n) is 8.27. The fourth-order valence-electron chi connectivity index (χ4n) is 2.84. The lowest BCUT2D eigenvalue weighted by Crippen LogP contribution is -2.21. The first-order valence-corrected chi connectivity index (χ1v) is 9.02. The van der Waals surface area contributed by atoms with E-state index in [2.05, 4.69) is 4.98 Å². The van der Waals surface area contributed by atoms with Crippen LogP contribution in [0.25, 0.3) is 10.9 Å². The van der Waals surface area contributed by atoms with E-state index in [4.69, 9.17) is 27.9 Å². The monoisotopic (exact) mass is 396 g/mol. The largest absolute Gasteiger partial charge is 0.457 e. The third-order valence-corrected chi connectivity index (χ3v) is 4.64. The van der Waals surface area contributed by atoms with Crippen molar-refractivity contribution in [1.82, 2.24) is 9.55 Å². The van der Waals surface area contributed by atoms with Gasteiger partial charge >= 0.3 is 0 Å². The Morgan fingerprint density at radius 3 is 2.52 bits per heavy atom. The molecule has 134 valence electrons. The van der Waals surface area contributed by atoms with Gasteiger partial charge in [-0.2, -0.15) is 0 Å². The predicted molar refractivity (Wildman–Crippen MR) is 108 cm³/mol. The summed E-state index contributed by atoms with van der Waals surface area (Å²) in [7, 11) is 0. The molecule has 1 heterocycles. The number of ether oxygens (including phenoxy) is 1.